The van der Waals surface area contributed by atoms with Gasteiger partial charge in [0.15, 0.2) is 0 Å². The molecule has 0 spiro atoms. The first-order valence-electron chi connectivity index (χ1n) is 12.2. The summed E-state index contributed by atoms with van der Waals surface area (Å²) >= 11 is 18.5. The van der Waals surface area contributed by atoms with E-state index < -0.39 is 0 Å². The van der Waals surface area contributed by atoms with Crippen molar-refractivity contribution in [1.29, 1.82) is 0 Å². The minimum atomic E-state index is -0.131. The maximum atomic E-state index is 13.5. The Morgan fingerprint density at radius 3 is 2.11 bits per heavy atom. The van der Waals surface area contributed by atoms with Crippen LogP contribution in [0, 0.1) is 5.92 Å². The Morgan fingerprint density at radius 1 is 0.861 bits per heavy atom. The number of hydrogen-bond donors (Lipinski definition) is 0. The number of likely N-dealkylation sites (tertiary alicyclic amines) is 2. The van der Waals surface area contributed by atoms with Crippen molar-refractivity contribution in [3.8, 4) is 0 Å². The maximum absolute atomic E-state index is 13.5. The molecule has 0 saturated carbocycles. The van der Waals surface area contributed by atoms with Crippen LogP contribution in [-0.2, 0) is 9.59 Å². The fourth-order valence-electron chi connectivity index (χ4n) is 5.32. The zero-order chi connectivity index (χ0) is 26.0. The van der Waals surface area contributed by atoms with E-state index in [4.69, 9.17) is 34.8 Å². The van der Waals surface area contributed by atoms with E-state index in [0.29, 0.717) is 66.1 Å². The van der Waals surface area contributed by atoms with Crippen molar-refractivity contribution in [1.82, 2.24) is 14.7 Å². The Kier molecular flexibility index (Phi) is 8.48. The van der Waals surface area contributed by atoms with E-state index >= 15 is 0 Å². The lowest BCUT2D eigenvalue weighted by Gasteiger charge is -2.44. The predicted octanol–water partition coefficient (Wildman–Crippen LogP) is 5.36. The molecule has 192 valence electrons. The van der Waals surface area contributed by atoms with Crippen LogP contribution < -0.4 is 0 Å². The molecule has 2 aliphatic rings. The van der Waals surface area contributed by atoms with E-state index in [1.807, 2.05) is 17.0 Å². The molecular formula is C27H30Cl3N3O3. The molecule has 3 amide bonds. The van der Waals surface area contributed by atoms with Crippen molar-refractivity contribution in [2.75, 3.05) is 33.2 Å². The minimum Gasteiger partial charge on any atom is -0.343 e. The molecule has 2 saturated heterocycles. The van der Waals surface area contributed by atoms with E-state index in [1.54, 1.807) is 54.1 Å². The van der Waals surface area contributed by atoms with Gasteiger partial charge in [-0.15, -0.1) is 0 Å². The Bertz CT molecular complexity index is 1130. The molecular weight excluding hydrogens is 521 g/mol. The van der Waals surface area contributed by atoms with Crippen LogP contribution in [0.5, 0.6) is 0 Å². The fraction of sp³-hybridized carbons (Fsp3) is 0.444. The molecule has 0 N–H and O–H groups in total. The Balaban J connectivity index is 1.55. The fourth-order valence-corrected chi connectivity index (χ4v) is 5.75. The summed E-state index contributed by atoms with van der Waals surface area (Å²) in [6.07, 6.45) is 1.98. The molecule has 6 nitrogen and oxygen atoms in total. The van der Waals surface area contributed by atoms with Crippen molar-refractivity contribution < 1.29 is 14.4 Å². The van der Waals surface area contributed by atoms with E-state index in [2.05, 4.69) is 0 Å². The lowest BCUT2D eigenvalue weighted by atomic mass is 9.83. The van der Waals surface area contributed by atoms with E-state index in [0.717, 1.165) is 5.56 Å². The first-order chi connectivity index (χ1) is 17.2. The second kappa shape index (κ2) is 11.4. The molecule has 0 unspecified atom stereocenters. The molecule has 2 aliphatic heterocycles. The summed E-state index contributed by atoms with van der Waals surface area (Å²) in [5, 5.41) is 1.48. The molecule has 2 heterocycles. The third kappa shape index (κ3) is 5.82. The molecule has 2 atom stereocenters. The van der Waals surface area contributed by atoms with Gasteiger partial charge in [0.2, 0.25) is 11.8 Å². The third-order valence-electron chi connectivity index (χ3n) is 7.46. The number of benzene rings is 2. The minimum absolute atomic E-state index is 0.0507. The highest BCUT2D eigenvalue weighted by atomic mass is 35.5. The normalized spacial score (nSPS) is 20.8. The molecule has 4 rings (SSSR count). The topological polar surface area (TPSA) is 60.9 Å². The summed E-state index contributed by atoms with van der Waals surface area (Å²) in [4.78, 5) is 44.0. The molecule has 0 bridgehead atoms. The number of likely N-dealkylation sites (N-methyl/N-ethyl adjacent to an activating group) is 1. The second-order valence-electron chi connectivity index (χ2n) is 9.62. The average molecular weight is 551 g/mol. The molecule has 2 aromatic carbocycles. The van der Waals surface area contributed by atoms with Gasteiger partial charge in [-0.05, 0) is 61.2 Å². The van der Waals surface area contributed by atoms with E-state index in [-0.39, 0.29) is 35.6 Å². The van der Waals surface area contributed by atoms with Crippen LogP contribution in [0.2, 0.25) is 15.1 Å². The first kappa shape index (κ1) is 26.8. The Labute approximate surface area is 227 Å². The number of carbonyl (C=O) groups is 3. The van der Waals surface area contributed by atoms with Crippen LogP contribution in [0.15, 0.2) is 42.5 Å². The lowest BCUT2D eigenvalue weighted by Crippen LogP contribution is -2.53. The number of rotatable bonds is 4. The number of hydrogen-bond acceptors (Lipinski definition) is 3. The maximum Gasteiger partial charge on any atom is 0.253 e. The lowest BCUT2D eigenvalue weighted by molar-refractivity contribution is -0.141. The summed E-state index contributed by atoms with van der Waals surface area (Å²) < 4.78 is 0. The van der Waals surface area contributed by atoms with Crippen molar-refractivity contribution in [2.24, 2.45) is 5.92 Å². The quantitative estimate of drug-likeness (QED) is 0.515. The second-order valence-corrected chi connectivity index (χ2v) is 10.9. The van der Waals surface area contributed by atoms with Gasteiger partial charge in [-0.3, -0.25) is 14.4 Å². The molecule has 9 heteroatoms. The summed E-state index contributed by atoms with van der Waals surface area (Å²) in [5.41, 5.74) is 1.50. The number of nitrogens with zero attached hydrogens (tertiary/aromatic N) is 3. The Morgan fingerprint density at radius 2 is 1.50 bits per heavy atom. The smallest absolute Gasteiger partial charge is 0.253 e. The van der Waals surface area contributed by atoms with Gasteiger partial charge < -0.3 is 14.7 Å². The van der Waals surface area contributed by atoms with Crippen LogP contribution >= 0.6 is 34.8 Å². The van der Waals surface area contributed by atoms with Gasteiger partial charge in [-0.25, -0.2) is 0 Å². The highest BCUT2D eigenvalue weighted by Gasteiger charge is 2.39. The van der Waals surface area contributed by atoms with Crippen molar-refractivity contribution in [2.45, 2.75) is 38.1 Å². The molecule has 36 heavy (non-hydrogen) atoms. The largest absolute Gasteiger partial charge is 0.343 e. The molecule has 2 fully saturated rings. The van der Waals surface area contributed by atoms with Crippen LogP contribution in [0.25, 0.3) is 0 Å². The van der Waals surface area contributed by atoms with Gasteiger partial charge >= 0.3 is 0 Å². The SMILES string of the molecule is CC(=O)N1CCC(C(=O)N2CC[C@H](N(C)C(=O)c3ccc(Cl)cc3)[C@H](c3ccc(Cl)c(Cl)c3)C2)CC1. The highest BCUT2D eigenvalue weighted by Crippen LogP contribution is 2.35. The number of piperidine rings is 2. The highest BCUT2D eigenvalue weighted by molar-refractivity contribution is 6.42. The van der Waals surface area contributed by atoms with Crippen LogP contribution in [0.1, 0.15) is 48.0 Å². The van der Waals surface area contributed by atoms with E-state index in [9.17, 15) is 14.4 Å². The van der Waals surface area contributed by atoms with Gasteiger partial charge in [-0.1, -0.05) is 40.9 Å². The standard InChI is InChI=1S/C27H30Cl3N3O3/c1-17(34)32-12-9-19(10-13-32)27(36)33-14-11-25(22(16-33)20-5-8-23(29)24(30)15-20)31(2)26(35)18-3-6-21(28)7-4-18/h3-8,15,19,22,25H,9-14,16H2,1-2H3/t22-,25-/m0/s1. The van der Waals surface area contributed by atoms with Gasteiger partial charge in [0.1, 0.15) is 0 Å². The summed E-state index contributed by atoms with van der Waals surface area (Å²) in [5.74, 6) is -0.155. The molecule has 0 aliphatic carbocycles. The van der Waals surface area contributed by atoms with Crippen LogP contribution in [-0.4, -0.2) is 71.7 Å². The average Bonchev–Trinajstić information content (AvgIpc) is 2.89. The molecule has 2 aromatic rings. The van der Waals surface area contributed by atoms with Crippen molar-refractivity contribution in [3.05, 3.63) is 68.7 Å². The van der Waals surface area contributed by atoms with E-state index in [1.165, 1.54) is 0 Å². The molecule has 0 aromatic heterocycles. The van der Waals surface area contributed by atoms with Gasteiger partial charge in [0.25, 0.3) is 5.91 Å². The van der Waals surface area contributed by atoms with Crippen LogP contribution in [0.4, 0.5) is 0 Å². The number of halogens is 3. The van der Waals surface area contributed by atoms with Crippen molar-refractivity contribution in [3.63, 3.8) is 0 Å². The summed E-state index contributed by atoms with van der Waals surface area (Å²) in [6.45, 7) is 3.82. The van der Waals surface area contributed by atoms with Crippen LogP contribution in [0.3, 0.4) is 0 Å². The Hall–Kier alpha value is -2.28. The summed E-state index contributed by atoms with van der Waals surface area (Å²) in [6, 6.07) is 12.2. The third-order valence-corrected chi connectivity index (χ3v) is 8.45. The first-order valence-corrected chi connectivity index (χ1v) is 13.3. The van der Waals surface area contributed by atoms with Gasteiger partial charge in [0.05, 0.1) is 10.0 Å². The monoisotopic (exact) mass is 549 g/mol. The number of carbonyl (C=O) groups excluding carboxylic acids is 3. The van der Waals surface area contributed by atoms with Gasteiger partial charge in [0, 0.05) is 68.6 Å². The summed E-state index contributed by atoms with van der Waals surface area (Å²) in [7, 11) is 1.81. The zero-order valence-corrected chi connectivity index (χ0v) is 22.7. The van der Waals surface area contributed by atoms with Gasteiger partial charge in [-0.2, -0.15) is 0 Å². The zero-order valence-electron chi connectivity index (χ0n) is 20.4. The number of amides is 3. The van der Waals surface area contributed by atoms with Crippen molar-refractivity contribution >= 4 is 52.5 Å². The molecule has 0 radical (unpaired) electrons. The predicted molar refractivity (Wildman–Crippen MR) is 143 cm³/mol.